The van der Waals surface area contributed by atoms with Crippen LogP contribution < -0.4 is 10.6 Å². The van der Waals surface area contributed by atoms with Gasteiger partial charge in [-0.2, -0.15) is 13.2 Å². The van der Waals surface area contributed by atoms with Gasteiger partial charge in [0.15, 0.2) is 0 Å². The van der Waals surface area contributed by atoms with Crippen LogP contribution in [0.25, 0.3) is 0 Å². The zero-order chi connectivity index (χ0) is 14.9. The zero-order valence-electron chi connectivity index (χ0n) is 11.2. The second kappa shape index (κ2) is 5.32. The summed E-state index contributed by atoms with van der Waals surface area (Å²) in [6, 6.07) is 3.96. The van der Waals surface area contributed by atoms with Crippen LogP contribution in [0.15, 0.2) is 18.2 Å². The number of benzene rings is 1. The first-order valence-corrected chi connectivity index (χ1v) is 6.19. The third-order valence-electron chi connectivity index (χ3n) is 3.31. The maximum absolute atomic E-state index is 12.5. The van der Waals surface area contributed by atoms with Gasteiger partial charge in [-0.1, -0.05) is 12.1 Å². The third kappa shape index (κ3) is 3.22. The topological polar surface area (TPSA) is 44.4 Å². The Morgan fingerprint density at radius 2 is 2.15 bits per heavy atom. The van der Waals surface area contributed by atoms with Crippen molar-refractivity contribution in [1.29, 1.82) is 0 Å². The van der Waals surface area contributed by atoms with E-state index in [1.54, 1.807) is 25.2 Å². The molecule has 2 N–H and O–H groups in total. The van der Waals surface area contributed by atoms with Gasteiger partial charge in [-0.15, -0.1) is 0 Å². The molecule has 1 aliphatic heterocycles. The average Bonchev–Trinajstić information content (AvgIpc) is 2.36. The van der Waals surface area contributed by atoms with E-state index in [1.165, 1.54) is 11.9 Å². The first-order chi connectivity index (χ1) is 9.30. The first-order valence-electron chi connectivity index (χ1n) is 6.19. The van der Waals surface area contributed by atoms with Crippen molar-refractivity contribution in [2.75, 3.05) is 19.4 Å². The van der Waals surface area contributed by atoms with Crippen LogP contribution in [0.4, 0.5) is 23.7 Å². The Morgan fingerprint density at radius 1 is 1.45 bits per heavy atom. The highest BCUT2D eigenvalue weighted by atomic mass is 19.4. The molecule has 0 aromatic heterocycles. The van der Waals surface area contributed by atoms with Gasteiger partial charge in [-0.05, 0) is 24.2 Å². The van der Waals surface area contributed by atoms with E-state index in [-0.39, 0.29) is 6.03 Å². The molecule has 2 amide bonds. The average molecular weight is 287 g/mol. The number of rotatable bonds is 3. The number of fused-ring (bicyclic) bond motifs is 1. The van der Waals surface area contributed by atoms with Crippen LogP contribution in [0.3, 0.4) is 0 Å². The smallest absolute Gasteiger partial charge is 0.323 e. The van der Waals surface area contributed by atoms with Gasteiger partial charge in [0.05, 0.1) is 6.42 Å². The van der Waals surface area contributed by atoms with Crippen molar-refractivity contribution in [2.45, 2.75) is 25.2 Å². The van der Waals surface area contributed by atoms with E-state index in [2.05, 4.69) is 10.6 Å². The Bertz CT molecular complexity index is 516. The normalized spacial score (nSPS) is 16.6. The molecule has 0 aliphatic carbocycles. The summed E-state index contributed by atoms with van der Waals surface area (Å²) < 4.78 is 37.6. The summed E-state index contributed by atoms with van der Waals surface area (Å²) in [6.45, 7) is 0.386. The molecule has 0 radical (unpaired) electrons. The van der Waals surface area contributed by atoms with E-state index < -0.39 is 18.6 Å². The number of alkyl halides is 3. The molecule has 2 rings (SSSR count). The molecule has 4 nitrogen and oxygen atoms in total. The predicted octanol–water partition coefficient (Wildman–Crippen LogP) is 2.88. The standard InChI is InChI=1S/C13H16F3N3O/c1-17-11(6-13(14,15)16)8-3-4-10-9(5-8)7-19(2)12(20)18-10/h3-5,11,17H,6-7H2,1-2H3,(H,18,20). The molecule has 1 atom stereocenters. The first kappa shape index (κ1) is 14.6. The molecule has 0 saturated heterocycles. The fraction of sp³-hybridized carbons (Fsp3) is 0.462. The molecule has 1 aliphatic rings. The summed E-state index contributed by atoms with van der Waals surface area (Å²) in [5.41, 5.74) is 2.03. The number of amides is 2. The van der Waals surface area contributed by atoms with Gasteiger partial charge in [0, 0.05) is 25.3 Å². The highest BCUT2D eigenvalue weighted by Crippen LogP contribution is 2.32. The van der Waals surface area contributed by atoms with Gasteiger partial charge in [0.2, 0.25) is 0 Å². The number of carbonyl (C=O) groups is 1. The third-order valence-corrected chi connectivity index (χ3v) is 3.31. The van der Waals surface area contributed by atoms with Gasteiger partial charge >= 0.3 is 12.2 Å². The lowest BCUT2D eigenvalue weighted by Gasteiger charge is -2.27. The van der Waals surface area contributed by atoms with Crippen molar-refractivity contribution < 1.29 is 18.0 Å². The number of anilines is 1. The molecule has 0 spiro atoms. The fourth-order valence-electron chi connectivity index (χ4n) is 2.24. The predicted molar refractivity (Wildman–Crippen MR) is 69.4 cm³/mol. The highest BCUT2D eigenvalue weighted by Gasteiger charge is 2.32. The zero-order valence-corrected chi connectivity index (χ0v) is 11.2. The van der Waals surface area contributed by atoms with Gasteiger partial charge in [0.25, 0.3) is 0 Å². The molecule has 20 heavy (non-hydrogen) atoms. The van der Waals surface area contributed by atoms with Gasteiger partial charge in [0.1, 0.15) is 0 Å². The largest absolute Gasteiger partial charge is 0.390 e. The van der Waals surface area contributed by atoms with Crippen LogP contribution in [0.1, 0.15) is 23.6 Å². The molecule has 1 unspecified atom stereocenters. The monoisotopic (exact) mass is 287 g/mol. The highest BCUT2D eigenvalue weighted by molar-refractivity contribution is 5.92. The molecule has 0 saturated carbocycles. The molecule has 1 aromatic carbocycles. The quantitative estimate of drug-likeness (QED) is 0.898. The Balaban J connectivity index is 2.26. The van der Waals surface area contributed by atoms with Crippen LogP contribution in [-0.2, 0) is 6.54 Å². The van der Waals surface area contributed by atoms with Crippen molar-refractivity contribution in [3.8, 4) is 0 Å². The number of halogens is 3. The van der Waals surface area contributed by atoms with E-state index in [0.717, 1.165) is 5.56 Å². The minimum absolute atomic E-state index is 0.217. The van der Waals surface area contributed by atoms with Gasteiger partial charge in [-0.3, -0.25) is 0 Å². The summed E-state index contributed by atoms with van der Waals surface area (Å²) in [7, 11) is 3.14. The summed E-state index contributed by atoms with van der Waals surface area (Å²) in [4.78, 5) is 12.9. The fourth-order valence-corrected chi connectivity index (χ4v) is 2.24. The molecular formula is C13H16F3N3O. The van der Waals surface area contributed by atoms with Crippen LogP contribution in [-0.4, -0.2) is 31.2 Å². The van der Waals surface area contributed by atoms with Crippen LogP contribution in [0.2, 0.25) is 0 Å². The number of nitrogens with zero attached hydrogens (tertiary/aromatic N) is 1. The summed E-state index contributed by atoms with van der Waals surface area (Å²) >= 11 is 0. The lowest BCUT2D eigenvalue weighted by Crippen LogP contribution is -2.35. The van der Waals surface area contributed by atoms with E-state index >= 15 is 0 Å². The Kier molecular flexibility index (Phi) is 3.89. The molecule has 0 fully saturated rings. The van der Waals surface area contributed by atoms with E-state index in [0.29, 0.717) is 17.8 Å². The lowest BCUT2D eigenvalue weighted by molar-refractivity contribution is -0.140. The summed E-state index contributed by atoms with van der Waals surface area (Å²) in [5.74, 6) is 0. The maximum atomic E-state index is 12.5. The van der Waals surface area contributed by atoms with Crippen LogP contribution in [0, 0.1) is 0 Å². The van der Waals surface area contributed by atoms with Crippen LogP contribution >= 0.6 is 0 Å². The maximum Gasteiger partial charge on any atom is 0.390 e. The molecule has 1 aromatic rings. The van der Waals surface area contributed by atoms with Crippen molar-refractivity contribution in [1.82, 2.24) is 10.2 Å². The second-order valence-corrected chi connectivity index (χ2v) is 4.86. The number of nitrogens with one attached hydrogen (secondary N) is 2. The van der Waals surface area contributed by atoms with Gasteiger partial charge < -0.3 is 15.5 Å². The molecule has 0 bridgehead atoms. The number of hydrogen-bond donors (Lipinski definition) is 2. The Morgan fingerprint density at radius 3 is 2.75 bits per heavy atom. The van der Waals surface area contributed by atoms with E-state index in [4.69, 9.17) is 0 Å². The summed E-state index contributed by atoms with van der Waals surface area (Å²) in [6.07, 6.45) is -5.15. The molecule has 110 valence electrons. The van der Waals surface area contributed by atoms with Crippen molar-refractivity contribution in [3.05, 3.63) is 29.3 Å². The number of carbonyl (C=O) groups excluding carboxylic acids is 1. The SMILES string of the molecule is CNC(CC(F)(F)F)c1ccc2c(c1)CN(C)C(=O)N2. The Labute approximate surface area is 114 Å². The number of hydrogen-bond acceptors (Lipinski definition) is 2. The van der Waals surface area contributed by atoms with Crippen molar-refractivity contribution in [2.24, 2.45) is 0 Å². The Hall–Kier alpha value is -1.76. The second-order valence-electron chi connectivity index (χ2n) is 4.86. The van der Waals surface area contributed by atoms with Crippen LogP contribution in [0.5, 0.6) is 0 Å². The van der Waals surface area contributed by atoms with Crippen molar-refractivity contribution >= 4 is 11.7 Å². The van der Waals surface area contributed by atoms with Crippen molar-refractivity contribution in [3.63, 3.8) is 0 Å². The van der Waals surface area contributed by atoms with Gasteiger partial charge in [-0.25, -0.2) is 4.79 Å². The molecular weight excluding hydrogens is 271 g/mol. The lowest BCUT2D eigenvalue weighted by atomic mass is 9.99. The van der Waals surface area contributed by atoms with E-state index in [9.17, 15) is 18.0 Å². The molecule has 1 heterocycles. The van der Waals surface area contributed by atoms with E-state index in [1.807, 2.05) is 0 Å². The minimum atomic E-state index is -4.23. The summed E-state index contributed by atoms with van der Waals surface area (Å²) in [5, 5.41) is 5.37. The molecule has 7 heteroatoms. The minimum Gasteiger partial charge on any atom is -0.323 e. The number of urea groups is 1.